The summed E-state index contributed by atoms with van der Waals surface area (Å²) in [5.74, 6) is 0.186. The molecule has 0 bridgehead atoms. The maximum Gasteiger partial charge on any atom is 0.246 e. The van der Waals surface area contributed by atoms with Crippen molar-refractivity contribution in [3.63, 3.8) is 0 Å². The Balaban J connectivity index is 1.45. The molecular weight excluding hydrogens is 324 g/mol. The fraction of sp³-hybridized carbons (Fsp3) is 0.611. The number of rotatable bonds is 3. The van der Waals surface area contributed by atoms with Crippen molar-refractivity contribution in [1.29, 1.82) is 0 Å². The van der Waals surface area contributed by atoms with E-state index in [-0.39, 0.29) is 5.91 Å². The molecule has 4 rings (SSSR count). The minimum absolute atomic E-state index is 0.0522. The first-order valence-corrected chi connectivity index (χ1v) is 8.74. The van der Waals surface area contributed by atoms with Gasteiger partial charge in [0.1, 0.15) is 11.3 Å². The highest BCUT2D eigenvalue weighted by molar-refractivity contribution is 5.88. The molecule has 1 atom stereocenters. The standard InChI is InChI=1S/C18H24N2O5/c1-23-14-4-2-13(3-5-14)12-20-15(21)17(19-16(20)22)6-8-18(9-7-17)24-10-11-25-18/h2-5,16,19,22H,6-12H2,1H3. The summed E-state index contributed by atoms with van der Waals surface area (Å²) in [6, 6.07) is 7.51. The molecular formula is C18H24N2O5. The van der Waals surface area contributed by atoms with E-state index in [4.69, 9.17) is 14.2 Å². The van der Waals surface area contributed by atoms with Gasteiger partial charge in [-0.1, -0.05) is 12.1 Å². The fourth-order valence-electron chi connectivity index (χ4n) is 4.06. The van der Waals surface area contributed by atoms with Gasteiger partial charge in [-0.25, -0.2) is 0 Å². The average molecular weight is 348 g/mol. The Kier molecular flexibility index (Phi) is 4.19. The smallest absolute Gasteiger partial charge is 0.246 e. The first kappa shape index (κ1) is 16.8. The molecule has 2 heterocycles. The summed E-state index contributed by atoms with van der Waals surface area (Å²) < 4.78 is 16.6. The minimum atomic E-state index is -0.978. The van der Waals surface area contributed by atoms with Gasteiger partial charge in [-0.05, 0) is 30.5 Å². The molecule has 2 spiro atoms. The molecule has 2 saturated heterocycles. The number of benzene rings is 1. The van der Waals surface area contributed by atoms with Crippen molar-refractivity contribution in [3.8, 4) is 5.75 Å². The van der Waals surface area contributed by atoms with Crippen LogP contribution in [0.1, 0.15) is 31.2 Å². The normalized spacial score (nSPS) is 27.4. The molecule has 2 N–H and O–H groups in total. The van der Waals surface area contributed by atoms with Crippen LogP contribution < -0.4 is 10.1 Å². The van der Waals surface area contributed by atoms with Gasteiger partial charge in [0.25, 0.3) is 0 Å². The molecule has 2 aliphatic heterocycles. The molecule has 1 unspecified atom stereocenters. The molecule has 25 heavy (non-hydrogen) atoms. The van der Waals surface area contributed by atoms with Crippen LogP contribution in [0, 0.1) is 0 Å². The predicted octanol–water partition coefficient (Wildman–Crippen LogP) is 0.959. The molecule has 0 radical (unpaired) electrons. The number of hydrogen-bond donors (Lipinski definition) is 2. The van der Waals surface area contributed by atoms with Crippen LogP contribution in [0.5, 0.6) is 5.75 Å². The van der Waals surface area contributed by atoms with Crippen molar-refractivity contribution < 1.29 is 24.1 Å². The van der Waals surface area contributed by atoms with E-state index in [1.54, 1.807) is 7.11 Å². The lowest BCUT2D eigenvalue weighted by Gasteiger charge is -2.40. The lowest BCUT2D eigenvalue weighted by atomic mass is 9.78. The summed E-state index contributed by atoms with van der Waals surface area (Å²) in [4.78, 5) is 14.5. The summed E-state index contributed by atoms with van der Waals surface area (Å²) in [7, 11) is 1.62. The zero-order valence-corrected chi connectivity index (χ0v) is 14.4. The molecule has 7 nitrogen and oxygen atoms in total. The Bertz CT molecular complexity index is 631. The Morgan fingerprint density at radius 1 is 1.20 bits per heavy atom. The van der Waals surface area contributed by atoms with Gasteiger partial charge in [-0.15, -0.1) is 0 Å². The van der Waals surface area contributed by atoms with Crippen molar-refractivity contribution in [1.82, 2.24) is 10.2 Å². The average Bonchev–Trinajstić information content (AvgIpc) is 3.18. The number of aliphatic hydroxyl groups excluding tert-OH is 1. The van der Waals surface area contributed by atoms with E-state index in [1.807, 2.05) is 24.3 Å². The molecule has 1 aromatic carbocycles. The van der Waals surface area contributed by atoms with Gasteiger partial charge in [-0.3, -0.25) is 15.0 Å². The second-order valence-corrected chi connectivity index (χ2v) is 6.99. The van der Waals surface area contributed by atoms with Crippen LogP contribution >= 0.6 is 0 Å². The van der Waals surface area contributed by atoms with E-state index < -0.39 is 17.7 Å². The number of hydrogen-bond acceptors (Lipinski definition) is 6. The van der Waals surface area contributed by atoms with Crippen LogP contribution in [0.3, 0.4) is 0 Å². The molecule has 136 valence electrons. The van der Waals surface area contributed by atoms with Crippen molar-refractivity contribution in [2.75, 3.05) is 20.3 Å². The number of carbonyl (C=O) groups is 1. The lowest BCUT2D eigenvalue weighted by molar-refractivity contribution is -0.186. The highest BCUT2D eigenvalue weighted by Gasteiger charge is 2.56. The number of carbonyl (C=O) groups excluding carboxylic acids is 1. The van der Waals surface area contributed by atoms with Gasteiger partial charge >= 0.3 is 0 Å². The molecule has 1 aromatic rings. The van der Waals surface area contributed by atoms with Gasteiger partial charge in [0.05, 0.1) is 20.3 Å². The molecule has 3 fully saturated rings. The largest absolute Gasteiger partial charge is 0.497 e. The predicted molar refractivity (Wildman–Crippen MR) is 88.5 cm³/mol. The van der Waals surface area contributed by atoms with Gasteiger partial charge in [0.2, 0.25) is 5.91 Å². The molecule has 1 saturated carbocycles. The molecule has 7 heteroatoms. The van der Waals surface area contributed by atoms with Gasteiger partial charge in [0.15, 0.2) is 12.1 Å². The molecule has 1 amide bonds. The van der Waals surface area contributed by atoms with E-state index in [0.717, 1.165) is 11.3 Å². The second-order valence-electron chi connectivity index (χ2n) is 6.99. The van der Waals surface area contributed by atoms with E-state index >= 15 is 0 Å². The Labute approximate surface area is 146 Å². The van der Waals surface area contributed by atoms with E-state index in [9.17, 15) is 9.90 Å². The first-order chi connectivity index (χ1) is 12.1. The number of aliphatic hydroxyl groups is 1. The van der Waals surface area contributed by atoms with Gasteiger partial charge < -0.3 is 19.3 Å². The summed E-state index contributed by atoms with van der Waals surface area (Å²) in [5.41, 5.74) is 0.230. The third-order valence-corrected chi connectivity index (χ3v) is 5.56. The zero-order valence-electron chi connectivity index (χ0n) is 14.4. The third kappa shape index (κ3) is 2.91. The zero-order chi connectivity index (χ0) is 17.5. The number of nitrogens with zero attached hydrogens (tertiary/aromatic N) is 1. The highest BCUT2D eigenvalue weighted by atomic mass is 16.7. The van der Waals surface area contributed by atoms with Crippen LogP contribution in [0.4, 0.5) is 0 Å². The van der Waals surface area contributed by atoms with Crippen LogP contribution in [0.15, 0.2) is 24.3 Å². The second kappa shape index (κ2) is 6.25. The molecule has 1 aliphatic carbocycles. The van der Waals surface area contributed by atoms with Crippen LogP contribution in [0.2, 0.25) is 0 Å². The number of nitrogens with one attached hydrogen (secondary N) is 1. The monoisotopic (exact) mass is 348 g/mol. The lowest BCUT2D eigenvalue weighted by Crippen LogP contribution is -2.54. The van der Waals surface area contributed by atoms with Crippen molar-refractivity contribution in [2.24, 2.45) is 0 Å². The van der Waals surface area contributed by atoms with Crippen molar-refractivity contribution in [2.45, 2.75) is 49.9 Å². The van der Waals surface area contributed by atoms with Crippen LogP contribution in [0.25, 0.3) is 0 Å². The molecule has 0 aromatic heterocycles. The first-order valence-electron chi connectivity index (χ1n) is 8.74. The van der Waals surface area contributed by atoms with Crippen LogP contribution in [-0.4, -0.2) is 53.9 Å². The Hall–Kier alpha value is -1.67. The Morgan fingerprint density at radius 2 is 1.84 bits per heavy atom. The third-order valence-electron chi connectivity index (χ3n) is 5.56. The maximum atomic E-state index is 13.0. The highest BCUT2D eigenvalue weighted by Crippen LogP contribution is 2.43. The Morgan fingerprint density at radius 3 is 2.44 bits per heavy atom. The fourth-order valence-corrected chi connectivity index (χ4v) is 4.06. The van der Waals surface area contributed by atoms with Crippen LogP contribution in [-0.2, 0) is 20.8 Å². The van der Waals surface area contributed by atoms with Crippen molar-refractivity contribution >= 4 is 5.91 Å². The van der Waals surface area contributed by atoms with E-state index in [1.165, 1.54) is 4.90 Å². The quantitative estimate of drug-likeness (QED) is 0.847. The summed E-state index contributed by atoms with van der Waals surface area (Å²) >= 11 is 0. The van der Waals surface area contributed by atoms with Gasteiger partial charge in [0, 0.05) is 19.4 Å². The van der Waals surface area contributed by atoms with E-state index in [2.05, 4.69) is 5.32 Å². The summed E-state index contributed by atoms with van der Waals surface area (Å²) in [6.45, 7) is 1.58. The summed E-state index contributed by atoms with van der Waals surface area (Å²) in [5, 5.41) is 13.5. The van der Waals surface area contributed by atoms with E-state index in [0.29, 0.717) is 45.4 Å². The van der Waals surface area contributed by atoms with Gasteiger partial charge in [-0.2, -0.15) is 0 Å². The minimum Gasteiger partial charge on any atom is -0.497 e. The summed E-state index contributed by atoms with van der Waals surface area (Å²) in [6.07, 6.45) is 1.54. The van der Waals surface area contributed by atoms with Crippen molar-refractivity contribution in [3.05, 3.63) is 29.8 Å². The maximum absolute atomic E-state index is 13.0. The topological polar surface area (TPSA) is 80.3 Å². The SMILES string of the molecule is COc1ccc(CN2C(=O)C3(CCC4(CC3)OCCO4)NC2O)cc1. The molecule has 3 aliphatic rings. The number of ether oxygens (including phenoxy) is 3. The number of methoxy groups -OCH3 is 1. The number of amides is 1.